The highest BCUT2D eigenvalue weighted by Gasteiger charge is 2.08. The summed E-state index contributed by atoms with van der Waals surface area (Å²) in [6.45, 7) is 3.50. The number of hydrogen-bond donors (Lipinski definition) is 3. The van der Waals surface area contributed by atoms with Crippen molar-refractivity contribution in [3.8, 4) is 0 Å². The fourth-order valence-electron chi connectivity index (χ4n) is 3.14. The van der Waals surface area contributed by atoms with Crippen LogP contribution < -0.4 is 10.6 Å². The highest BCUT2D eigenvalue weighted by molar-refractivity contribution is 14.0. The van der Waals surface area contributed by atoms with Gasteiger partial charge in [-0.3, -0.25) is 9.20 Å². The Bertz CT molecular complexity index is 940. The molecule has 3 aromatic rings. The molecular weight excluding hydrogens is 483 g/mol. The second-order valence-electron chi connectivity index (χ2n) is 6.31. The quantitative estimate of drug-likeness (QED) is 0.259. The van der Waals surface area contributed by atoms with Crippen molar-refractivity contribution in [2.45, 2.75) is 18.2 Å². The van der Waals surface area contributed by atoms with E-state index in [1.165, 1.54) is 22.2 Å². The van der Waals surface area contributed by atoms with Crippen molar-refractivity contribution in [2.75, 3.05) is 25.9 Å². The van der Waals surface area contributed by atoms with E-state index in [2.05, 4.69) is 45.7 Å². The van der Waals surface area contributed by atoms with Crippen LogP contribution in [0.1, 0.15) is 11.3 Å². The van der Waals surface area contributed by atoms with Gasteiger partial charge in [0.1, 0.15) is 0 Å². The van der Waals surface area contributed by atoms with E-state index >= 15 is 0 Å². The summed E-state index contributed by atoms with van der Waals surface area (Å²) in [7, 11) is 0.750. The van der Waals surface area contributed by atoms with Gasteiger partial charge in [0.2, 0.25) is 0 Å². The zero-order valence-corrected chi connectivity index (χ0v) is 19.3. The number of hydrogen-bond acceptors (Lipinski definition) is 2. The number of aryl methyl sites for hydroxylation is 1. The molecule has 0 aliphatic heterocycles. The van der Waals surface area contributed by atoms with Gasteiger partial charge in [-0.2, -0.15) is 0 Å². The molecule has 0 spiro atoms. The normalized spacial score (nSPS) is 12.4. The van der Waals surface area contributed by atoms with Crippen molar-refractivity contribution in [2.24, 2.45) is 4.99 Å². The first-order valence-electron chi connectivity index (χ1n) is 9.13. The fraction of sp³-hybridized carbons (Fsp3) is 0.286. The van der Waals surface area contributed by atoms with Crippen molar-refractivity contribution in [3.63, 3.8) is 0 Å². The standard InChI is InChI=1S/C21H26N4OS.HI/c1-16-18(19-10-6-7-11-20(19)25-16)12-13-23-21(22-2)24-14-15-27(26)17-8-4-3-5-9-17;/h3-11,25H,12-15H2,1-2H3,(H2,22,23,24);1H. The summed E-state index contributed by atoms with van der Waals surface area (Å²) in [5.74, 6) is 1.28. The van der Waals surface area contributed by atoms with E-state index in [0.717, 1.165) is 23.8 Å². The van der Waals surface area contributed by atoms with Gasteiger partial charge < -0.3 is 15.6 Å². The zero-order chi connectivity index (χ0) is 19.1. The number of fused-ring (bicyclic) bond motifs is 1. The third-order valence-corrected chi connectivity index (χ3v) is 5.88. The molecule has 2 aromatic carbocycles. The fourth-order valence-corrected chi connectivity index (χ4v) is 4.12. The Kier molecular flexibility index (Phi) is 8.98. The Labute approximate surface area is 185 Å². The van der Waals surface area contributed by atoms with E-state index in [1.807, 2.05) is 36.4 Å². The minimum Gasteiger partial charge on any atom is -0.358 e. The Balaban J connectivity index is 0.00000280. The molecule has 0 aliphatic rings. The van der Waals surface area contributed by atoms with E-state index < -0.39 is 10.8 Å². The maximum Gasteiger partial charge on any atom is 0.191 e. The largest absolute Gasteiger partial charge is 0.358 e. The molecule has 0 saturated carbocycles. The summed E-state index contributed by atoms with van der Waals surface area (Å²) in [5, 5.41) is 7.86. The molecule has 0 amide bonds. The summed E-state index contributed by atoms with van der Waals surface area (Å²) in [5.41, 5.74) is 3.72. The molecular formula is C21H27IN4OS. The van der Waals surface area contributed by atoms with Crippen LogP contribution in [-0.2, 0) is 17.2 Å². The molecule has 1 heterocycles. The Hall–Kier alpha value is -1.87. The number of rotatable bonds is 7. The van der Waals surface area contributed by atoms with Gasteiger partial charge in [-0.1, -0.05) is 36.4 Å². The third-order valence-electron chi connectivity index (χ3n) is 4.50. The van der Waals surface area contributed by atoms with Crippen molar-refractivity contribution in [3.05, 3.63) is 65.9 Å². The molecule has 0 radical (unpaired) electrons. The smallest absolute Gasteiger partial charge is 0.191 e. The minimum absolute atomic E-state index is 0. The van der Waals surface area contributed by atoms with Crippen molar-refractivity contribution < 1.29 is 4.21 Å². The molecule has 150 valence electrons. The monoisotopic (exact) mass is 510 g/mol. The van der Waals surface area contributed by atoms with Crippen LogP contribution in [0, 0.1) is 6.92 Å². The van der Waals surface area contributed by atoms with Crippen LogP contribution in [0.25, 0.3) is 10.9 Å². The Morgan fingerprint density at radius 2 is 1.71 bits per heavy atom. The van der Waals surface area contributed by atoms with Crippen molar-refractivity contribution in [1.29, 1.82) is 0 Å². The van der Waals surface area contributed by atoms with E-state index in [1.54, 1.807) is 7.05 Å². The van der Waals surface area contributed by atoms with E-state index in [4.69, 9.17) is 0 Å². The first kappa shape index (κ1) is 22.4. The summed E-state index contributed by atoms with van der Waals surface area (Å²) in [6.07, 6.45) is 0.909. The van der Waals surface area contributed by atoms with Gasteiger partial charge in [-0.25, -0.2) is 0 Å². The topological polar surface area (TPSA) is 69.3 Å². The minimum atomic E-state index is -1.00. The molecule has 3 rings (SSSR count). The third kappa shape index (κ3) is 5.81. The van der Waals surface area contributed by atoms with Gasteiger partial charge in [0.05, 0.1) is 10.8 Å². The summed E-state index contributed by atoms with van der Waals surface area (Å²) >= 11 is 0. The van der Waals surface area contributed by atoms with Gasteiger partial charge in [0.15, 0.2) is 5.96 Å². The molecule has 1 aromatic heterocycles. The lowest BCUT2D eigenvalue weighted by molar-refractivity contribution is 0.681. The van der Waals surface area contributed by atoms with Gasteiger partial charge >= 0.3 is 0 Å². The van der Waals surface area contributed by atoms with Crippen LogP contribution in [0.3, 0.4) is 0 Å². The van der Waals surface area contributed by atoms with Gasteiger partial charge in [-0.15, -0.1) is 24.0 Å². The summed E-state index contributed by atoms with van der Waals surface area (Å²) < 4.78 is 12.3. The molecule has 0 bridgehead atoms. The van der Waals surface area contributed by atoms with Crippen molar-refractivity contribution >= 4 is 51.6 Å². The maximum atomic E-state index is 12.3. The molecule has 0 aliphatic carbocycles. The number of guanidine groups is 1. The van der Waals surface area contributed by atoms with Crippen molar-refractivity contribution in [1.82, 2.24) is 15.6 Å². The van der Waals surface area contributed by atoms with Crippen LogP contribution in [0.2, 0.25) is 0 Å². The highest BCUT2D eigenvalue weighted by atomic mass is 127. The zero-order valence-electron chi connectivity index (χ0n) is 16.2. The maximum absolute atomic E-state index is 12.3. The highest BCUT2D eigenvalue weighted by Crippen LogP contribution is 2.21. The lowest BCUT2D eigenvalue weighted by Crippen LogP contribution is -2.40. The number of halogens is 1. The Morgan fingerprint density at radius 3 is 2.46 bits per heavy atom. The second-order valence-corrected chi connectivity index (χ2v) is 7.88. The Morgan fingerprint density at radius 1 is 1.04 bits per heavy atom. The molecule has 1 unspecified atom stereocenters. The number of aromatic amines is 1. The first-order chi connectivity index (χ1) is 13.2. The number of benzene rings is 2. The van der Waals surface area contributed by atoms with Gasteiger partial charge in [-0.05, 0) is 37.1 Å². The first-order valence-corrected chi connectivity index (χ1v) is 10.4. The van der Waals surface area contributed by atoms with E-state index in [-0.39, 0.29) is 24.0 Å². The lowest BCUT2D eigenvalue weighted by Gasteiger charge is -2.12. The average Bonchev–Trinajstić information content (AvgIpc) is 3.02. The molecule has 0 saturated heterocycles. The second kappa shape index (κ2) is 11.2. The molecule has 3 N–H and O–H groups in total. The molecule has 0 fully saturated rings. The van der Waals surface area contributed by atoms with Gasteiger partial charge in [0, 0.05) is 47.4 Å². The number of para-hydroxylation sites is 1. The number of nitrogens with zero attached hydrogens (tertiary/aromatic N) is 1. The van der Waals surface area contributed by atoms with E-state index in [9.17, 15) is 4.21 Å². The lowest BCUT2D eigenvalue weighted by atomic mass is 10.1. The number of aliphatic imine (C=N–C) groups is 1. The van der Waals surface area contributed by atoms with Crippen LogP contribution in [0.15, 0.2) is 64.5 Å². The number of aromatic nitrogens is 1. The van der Waals surface area contributed by atoms with Crippen LogP contribution in [0.5, 0.6) is 0 Å². The number of nitrogens with one attached hydrogen (secondary N) is 3. The van der Waals surface area contributed by atoms with Gasteiger partial charge in [0.25, 0.3) is 0 Å². The predicted octanol–water partition coefficient (Wildman–Crippen LogP) is 3.61. The SMILES string of the molecule is CN=C(NCCc1c(C)[nH]c2ccccc12)NCCS(=O)c1ccccc1.I. The number of H-pyrrole nitrogens is 1. The van der Waals surface area contributed by atoms with Crippen LogP contribution in [-0.4, -0.2) is 41.0 Å². The molecule has 7 heteroatoms. The molecule has 28 heavy (non-hydrogen) atoms. The van der Waals surface area contributed by atoms with Crippen LogP contribution >= 0.6 is 24.0 Å². The van der Waals surface area contributed by atoms with E-state index in [0.29, 0.717) is 12.3 Å². The molecule has 1 atom stereocenters. The average molecular weight is 510 g/mol. The van der Waals surface area contributed by atoms with Crippen LogP contribution in [0.4, 0.5) is 0 Å². The molecule has 5 nitrogen and oxygen atoms in total. The summed E-state index contributed by atoms with van der Waals surface area (Å²) in [4.78, 5) is 8.54. The summed E-state index contributed by atoms with van der Waals surface area (Å²) in [6, 6.07) is 17.9. The predicted molar refractivity (Wildman–Crippen MR) is 129 cm³/mol.